The third-order valence-corrected chi connectivity index (χ3v) is 3.22. The molecule has 0 atom stereocenters. The Balaban J connectivity index is 2.32. The molecular weight excluding hydrogens is 266 g/mol. The monoisotopic (exact) mass is 287 g/mol. The van der Waals surface area contributed by atoms with E-state index in [0.717, 1.165) is 24.3 Å². The Morgan fingerprint density at radius 2 is 1.95 bits per heavy atom. The Bertz CT molecular complexity index is 614. The molecule has 0 saturated heterocycles. The number of methoxy groups -OCH3 is 1. The van der Waals surface area contributed by atoms with Gasteiger partial charge in [0, 0.05) is 6.54 Å². The van der Waals surface area contributed by atoms with Crippen molar-refractivity contribution in [2.45, 2.75) is 27.2 Å². The van der Waals surface area contributed by atoms with Crippen LogP contribution in [0.3, 0.4) is 0 Å². The van der Waals surface area contributed by atoms with E-state index in [0.29, 0.717) is 17.4 Å². The summed E-state index contributed by atoms with van der Waals surface area (Å²) in [5, 5.41) is 3.19. The Labute approximate surface area is 125 Å². The molecule has 0 bridgehead atoms. The predicted molar refractivity (Wildman–Crippen MR) is 83.4 cm³/mol. The standard InChI is InChI=1S/C16H21N3O2/c1-5-12-7-8-13(14(9-12)20-4)21-16-11(3)15(17-6-2)18-10-19-16/h7-10H,5-6H2,1-4H3,(H,17,18,19). The Kier molecular flexibility index (Phi) is 4.98. The summed E-state index contributed by atoms with van der Waals surface area (Å²) in [6, 6.07) is 5.92. The summed E-state index contributed by atoms with van der Waals surface area (Å²) in [6.45, 7) is 6.85. The van der Waals surface area contributed by atoms with E-state index >= 15 is 0 Å². The van der Waals surface area contributed by atoms with E-state index < -0.39 is 0 Å². The zero-order valence-electron chi connectivity index (χ0n) is 12.9. The SMILES string of the molecule is CCNc1ncnc(Oc2ccc(CC)cc2OC)c1C. The molecule has 0 radical (unpaired) electrons. The molecule has 1 aromatic heterocycles. The predicted octanol–water partition coefficient (Wildman–Crippen LogP) is 3.58. The Morgan fingerprint density at radius 3 is 2.62 bits per heavy atom. The van der Waals surface area contributed by atoms with Crippen LogP contribution in [0.15, 0.2) is 24.5 Å². The molecule has 0 unspecified atom stereocenters. The first kappa shape index (κ1) is 15.1. The molecule has 21 heavy (non-hydrogen) atoms. The molecule has 112 valence electrons. The molecule has 2 aromatic rings. The summed E-state index contributed by atoms with van der Waals surface area (Å²) in [4.78, 5) is 8.41. The van der Waals surface area contributed by atoms with E-state index in [4.69, 9.17) is 9.47 Å². The van der Waals surface area contributed by atoms with E-state index in [1.165, 1.54) is 11.9 Å². The Morgan fingerprint density at radius 1 is 1.14 bits per heavy atom. The fraction of sp³-hybridized carbons (Fsp3) is 0.375. The molecule has 0 aliphatic rings. The van der Waals surface area contributed by atoms with Crippen LogP contribution >= 0.6 is 0 Å². The van der Waals surface area contributed by atoms with Gasteiger partial charge in [-0.3, -0.25) is 0 Å². The fourth-order valence-corrected chi connectivity index (χ4v) is 2.00. The number of aryl methyl sites for hydroxylation is 1. The van der Waals surface area contributed by atoms with Crippen molar-refractivity contribution >= 4 is 5.82 Å². The number of anilines is 1. The molecule has 5 nitrogen and oxygen atoms in total. The van der Waals surface area contributed by atoms with Gasteiger partial charge in [0.15, 0.2) is 11.5 Å². The molecule has 1 N–H and O–H groups in total. The third kappa shape index (κ3) is 3.42. The van der Waals surface area contributed by atoms with E-state index in [1.54, 1.807) is 7.11 Å². The number of nitrogens with zero attached hydrogens (tertiary/aromatic N) is 2. The maximum Gasteiger partial charge on any atom is 0.227 e. The lowest BCUT2D eigenvalue weighted by Crippen LogP contribution is -2.04. The molecular formula is C16H21N3O2. The molecule has 0 amide bonds. The van der Waals surface area contributed by atoms with Crippen LogP contribution in [0.5, 0.6) is 17.4 Å². The van der Waals surface area contributed by atoms with Crippen LogP contribution in [0.4, 0.5) is 5.82 Å². The van der Waals surface area contributed by atoms with Gasteiger partial charge in [0.1, 0.15) is 12.1 Å². The summed E-state index contributed by atoms with van der Waals surface area (Å²) in [5.41, 5.74) is 2.08. The van der Waals surface area contributed by atoms with Crippen LogP contribution in [-0.2, 0) is 6.42 Å². The van der Waals surface area contributed by atoms with E-state index in [-0.39, 0.29) is 0 Å². The zero-order valence-corrected chi connectivity index (χ0v) is 12.9. The van der Waals surface area contributed by atoms with Crippen LogP contribution in [-0.4, -0.2) is 23.6 Å². The van der Waals surface area contributed by atoms with E-state index in [9.17, 15) is 0 Å². The van der Waals surface area contributed by atoms with Gasteiger partial charge in [-0.15, -0.1) is 0 Å². The van der Waals surface area contributed by atoms with Gasteiger partial charge in [-0.1, -0.05) is 13.0 Å². The number of ether oxygens (including phenoxy) is 2. The largest absolute Gasteiger partial charge is 0.493 e. The van der Waals surface area contributed by atoms with E-state index in [1.807, 2.05) is 32.0 Å². The molecule has 5 heteroatoms. The molecule has 1 heterocycles. The first-order valence-corrected chi connectivity index (χ1v) is 7.09. The minimum atomic E-state index is 0.531. The van der Waals surface area contributed by atoms with Gasteiger partial charge >= 0.3 is 0 Å². The maximum atomic E-state index is 5.90. The third-order valence-electron chi connectivity index (χ3n) is 3.22. The molecule has 0 spiro atoms. The number of rotatable bonds is 6. The summed E-state index contributed by atoms with van der Waals surface area (Å²) in [6.07, 6.45) is 2.45. The van der Waals surface area contributed by atoms with Gasteiger partial charge in [0.25, 0.3) is 0 Å². The average molecular weight is 287 g/mol. The minimum absolute atomic E-state index is 0.531. The van der Waals surface area contributed by atoms with Gasteiger partial charge in [-0.05, 0) is 38.0 Å². The highest BCUT2D eigenvalue weighted by molar-refractivity contribution is 5.50. The van der Waals surface area contributed by atoms with Crippen molar-refractivity contribution in [1.82, 2.24) is 9.97 Å². The molecule has 0 fully saturated rings. The average Bonchev–Trinajstić information content (AvgIpc) is 2.51. The van der Waals surface area contributed by atoms with Crippen molar-refractivity contribution in [2.24, 2.45) is 0 Å². The smallest absolute Gasteiger partial charge is 0.227 e. The van der Waals surface area contributed by atoms with Crippen LogP contribution in [0.1, 0.15) is 25.0 Å². The number of nitrogens with one attached hydrogen (secondary N) is 1. The minimum Gasteiger partial charge on any atom is -0.493 e. The lowest BCUT2D eigenvalue weighted by Gasteiger charge is -2.13. The molecule has 0 aliphatic heterocycles. The number of benzene rings is 1. The highest BCUT2D eigenvalue weighted by atomic mass is 16.5. The normalized spacial score (nSPS) is 10.3. The summed E-state index contributed by atoms with van der Waals surface area (Å²) in [5.74, 6) is 2.67. The highest BCUT2D eigenvalue weighted by Gasteiger charge is 2.12. The van der Waals surface area contributed by atoms with Crippen molar-refractivity contribution in [3.05, 3.63) is 35.7 Å². The quantitative estimate of drug-likeness (QED) is 0.880. The second-order valence-corrected chi connectivity index (χ2v) is 4.62. The Hall–Kier alpha value is -2.30. The van der Waals surface area contributed by atoms with Crippen molar-refractivity contribution < 1.29 is 9.47 Å². The summed E-state index contributed by atoms with van der Waals surface area (Å²) >= 11 is 0. The van der Waals surface area contributed by atoms with Crippen molar-refractivity contribution in [3.8, 4) is 17.4 Å². The molecule has 0 aliphatic carbocycles. The number of hydrogen-bond acceptors (Lipinski definition) is 5. The molecule has 1 aromatic carbocycles. The van der Waals surface area contributed by atoms with Gasteiger partial charge in [0.05, 0.1) is 12.7 Å². The van der Waals surface area contributed by atoms with Crippen LogP contribution < -0.4 is 14.8 Å². The van der Waals surface area contributed by atoms with Crippen LogP contribution in [0.25, 0.3) is 0 Å². The van der Waals surface area contributed by atoms with Gasteiger partial charge in [-0.2, -0.15) is 0 Å². The highest BCUT2D eigenvalue weighted by Crippen LogP contribution is 2.33. The van der Waals surface area contributed by atoms with Crippen molar-refractivity contribution in [1.29, 1.82) is 0 Å². The van der Waals surface area contributed by atoms with Gasteiger partial charge in [-0.25, -0.2) is 9.97 Å². The summed E-state index contributed by atoms with van der Waals surface area (Å²) < 4.78 is 11.3. The fourth-order valence-electron chi connectivity index (χ4n) is 2.00. The first-order valence-electron chi connectivity index (χ1n) is 7.09. The van der Waals surface area contributed by atoms with Crippen molar-refractivity contribution in [3.63, 3.8) is 0 Å². The first-order chi connectivity index (χ1) is 10.2. The van der Waals surface area contributed by atoms with Gasteiger partial charge in [0.2, 0.25) is 5.88 Å². The number of aromatic nitrogens is 2. The lowest BCUT2D eigenvalue weighted by atomic mass is 10.1. The van der Waals surface area contributed by atoms with Crippen LogP contribution in [0.2, 0.25) is 0 Å². The zero-order chi connectivity index (χ0) is 15.2. The van der Waals surface area contributed by atoms with Gasteiger partial charge < -0.3 is 14.8 Å². The van der Waals surface area contributed by atoms with E-state index in [2.05, 4.69) is 22.2 Å². The number of hydrogen-bond donors (Lipinski definition) is 1. The second-order valence-electron chi connectivity index (χ2n) is 4.62. The van der Waals surface area contributed by atoms with Crippen molar-refractivity contribution in [2.75, 3.05) is 19.0 Å². The summed E-state index contributed by atoms with van der Waals surface area (Å²) in [7, 11) is 1.64. The van der Waals surface area contributed by atoms with Crippen LogP contribution in [0, 0.1) is 6.92 Å². The topological polar surface area (TPSA) is 56.3 Å². The maximum absolute atomic E-state index is 5.90. The second kappa shape index (κ2) is 6.92. The molecule has 0 saturated carbocycles. The lowest BCUT2D eigenvalue weighted by molar-refractivity contribution is 0.372. The molecule has 2 rings (SSSR count).